The number of amides is 1. The zero-order valence-corrected chi connectivity index (χ0v) is 14.3. The first-order valence-corrected chi connectivity index (χ1v) is 8.30. The van der Waals surface area contributed by atoms with Gasteiger partial charge < -0.3 is 5.32 Å². The van der Waals surface area contributed by atoms with Gasteiger partial charge in [0.25, 0.3) is 0 Å². The number of carbonyl (C=O) groups is 1. The van der Waals surface area contributed by atoms with Gasteiger partial charge in [-0.25, -0.2) is 4.98 Å². The van der Waals surface area contributed by atoms with Crippen LogP contribution in [0.15, 0.2) is 18.2 Å². The molecule has 0 aliphatic heterocycles. The van der Waals surface area contributed by atoms with Gasteiger partial charge in [-0.15, -0.1) is 0 Å². The molecule has 21 heavy (non-hydrogen) atoms. The fraction of sp³-hybridized carbons (Fsp3) is 0.529. The Hall–Kier alpha value is -1.42. The standard InChI is InChI=1S/C17H24N2OS/c1-6-11(2)12-7-8-13-14(9-12)21-16(18-13)19-15(20)10-17(3,4)5/h7-9,11H,6,10H2,1-5H3,(H,18,19,20). The summed E-state index contributed by atoms with van der Waals surface area (Å²) in [6, 6.07) is 6.38. The third-order valence-electron chi connectivity index (χ3n) is 3.53. The van der Waals surface area contributed by atoms with Crippen LogP contribution in [0.1, 0.15) is 58.9 Å². The third kappa shape index (κ3) is 4.27. The molecule has 4 heteroatoms. The maximum Gasteiger partial charge on any atom is 0.226 e. The molecule has 1 unspecified atom stereocenters. The van der Waals surface area contributed by atoms with Crippen molar-refractivity contribution in [2.75, 3.05) is 5.32 Å². The Morgan fingerprint density at radius 2 is 2.10 bits per heavy atom. The second-order valence-electron chi connectivity index (χ2n) is 6.84. The van der Waals surface area contributed by atoms with Crippen LogP contribution < -0.4 is 5.32 Å². The number of carbonyl (C=O) groups excluding carboxylic acids is 1. The molecule has 1 atom stereocenters. The lowest BCUT2D eigenvalue weighted by atomic mass is 9.92. The highest BCUT2D eigenvalue weighted by Gasteiger charge is 2.17. The lowest BCUT2D eigenvalue weighted by Crippen LogP contribution is -2.19. The zero-order chi connectivity index (χ0) is 15.6. The minimum atomic E-state index is -0.00943. The smallest absolute Gasteiger partial charge is 0.226 e. The first-order chi connectivity index (χ1) is 9.78. The average molecular weight is 304 g/mol. The molecule has 2 aromatic rings. The highest BCUT2D eigenvalue weighted by Crippen LogP contribution is 2.30. The van der Waals surface area contributed by atoms with Crippen molar-refractivity contribution in [2.45, 2.75) is 53.4 Å². The number of benzene rings is 1. The molecule has 2 rings (SSSR count). The molecule has 1 aromatic carbocycles. The molecule has 1 aromatic heterocycles. The second-order valence-corrected chi connectivity index (χ2v) is 7.87. The Balaban J connectivity index is 2.17. The molecule has 1 amide bonds. The van der Waals surface area contributed by atoms with Crippen molar-refractivity contribution in [2.24, 2.45) is 5.41 Å². The van der Waals surface area contributed by atoms with Gasteiger partial charge in [-0.05, 0) is 35.4 Å². The fourth-order valence-electron chi connectivity index (χ4n) is 2.18. The predicted octanol–water partition coefficient (Wildman–Crippen LogP) is 5.18. The third-order valence-corrected chi connectivity index (χ3v) is 4.46. The molecule has 0 fully saturated rings. The Morgan fingerprint density at radius 1 is 1.38 bits per heavy atom. The molecular formula is C17H24N2OS. The summed E-state index contributed by atoms with van der Waals surface area (Å²) in [7, 11) is 0. The maximum absolute atomic E-state index is 12.0. The Morgan fingerprint density at radius 3 is 2.71 bits per heavy atom. The summed E-state index contributed by atoms with van der Waals surface area (Å²) in [6.45, 7) is 10.6. The normalized spacial score (nSPS) is 13.4. The van der Waals surface area contributed by atoms with Gasteiger partial charge in [-0.2, -0.15) is 0 Å². The molecule has 0 aliphatic rings. The molecule has 1 heterocycles. The maximum atomic E-state index is 12.0. The molecule has 0 bridgehead atoms. The Labute approximate surface area is 130 Å². The van der Waals surface area contributed by atoms with Crippen LogP contribution in [-0.2, 0) is 4.79 Å². The van der Waals surface area contributed by atoms with Gasteiger partial charge in [0.15, 0.2) is 5.13 Å². The second kappa shape index (κ2) is 6.14. The van der Waals surface area contributed by atoms with E-state index in [9.17, 15) is 4.79 Å². The summed E-state index contributed by atoms with van der Waals surface area (Å²) >= 11 is 1.55. The summed E-state index contributed by atoms with van der Waals surface area (Å²) < 4.78 is 1.14. The van der Waals surface area contributed by atoms with Crippen LogP contribution in [0.3, 0.4) is 0 Å². The van der Waals surface area contributed by atoms with E-state index in [0.717, 1.165) is 16.6 Å². The molecule has 0 spiro atoms. The van der Waals surface area contributed by atoms with Gasteiger partial charge >= 0.3 is 0 Å². The molecule has 0 radical (unpaired) electrons. The van der Waals surface area contributed by atoms with E-state index in [1.807, 2.05) is 6.07 Å². The van der Waals surface area contributed by atoms with Crippen LogP contribution in [0.5, 0.6) is 0 Å². The van der Waals surface area contributed by atoms with E-state index < -0.39 is 0 Å². The number of fused-ring (bicyclic) bond motifs is 1. The van der Waals surface area contributed by atoms with Crippen molar-refractivity contribution in [3.05, 3.63) is 23.8 Å². The van der Waals surface area contributed by atoms with Gasteiger partial charge in [0.1, 0.15) is 0 Å². The number of nitrogens with one attached hydrogen (secondary N) is 1. The molecule has 0 aliphatic carbocycles. The molecule has 0 saturated carbocycles. The quantitative estimate of drug-likeness (QED) is 0.845. The van der Waals surface area contributed by atoms with Gasteiger partial charge in [-0.3, -0.25) is 4.79 Å². The van der Waals surface area contributed by atoms with E-state index in [1.165, 1.54) is 5.56 Å². The van der Waals surface area contributed by atoms with Crippen molar-refractivity contribution >= 4 is 32.6 Å². The number of nitrogens with zero attached hydrogens (tertiary/aromatic N) is 1. The predicted molar refractivity (Wildman–Crippen MR) is 91.0 cm³/mol. The van der Waals surface area contributed by atoms with Gasteiger partial charge in [-0.1, -0.05) is 52.0 Å². The minimum Gasteiger partial charge on any atom is -0.302 e. The molecule has 1 N–H and O–H groups in total. The lowest BCUT2D eigenvalue weighted by molar-refractivity contribution is -0.117. The van der Waals surface area contributed by atoms with Gasteiger partial charge in [0, 0.05) is 6.42 Å². The van der Waals surface area contributed by atoms with Crippen LogP contribution in [0.4, 0.5) is 5.13 Å². The Kier molecular flexibility index (Phi) is 4.67. The molecule has 0 saturated heterocycles. The summed E-state index contributed by atoms with van der Waals surface area (Å²) in [5, 5.41) is 3.61. The monoisotopic (exact) mass is 304 g/mol. The van der Waals surface area contributed by atoms with Crippen molar-refractivity contribution in [3.63, 3.8) is 0 Å². The average Bonchev–Trinajstić information content (AvgIpc) is 2.76. The van der Waals surface area contributed by atoms with Crippen molar-refractivity contribution in [1.82, 2.24) is 4.98 Å². The summed E-state index contributed by atoms with van der Waals surface area (Å²) in [5.74, 6) is 0.583. The van der Waals surface area contributed by atoms with E-state index in [1.54, 1.807) is 11.3 Å². The zero-order valence-electron chi connectivity index (χ0n) is 13.5. The van der Waals surface area contributed by atoms with Crippen molar-refractivity contribution < 1.29 is 4.79 Å². The summed E-state index contributed by atoms with van der Waals surface area (Å²) in [6.07, 6.45) is 1.63. The van der Waals surface area contributed by atoms with Crippen LogP contribution >= 0.6 is 11.3 Å². The van der Waals surface area contributed by atoms with Crippen molar-refractivity contribution in [3.8, 4) is 0 Å². The highest BCUT2D eigenvalue weighted by molar-refractivity contribution is 7.22. The van der Waals surface area contributed by atoms with Gasteiger partial charge in [0.05, 0.1) is 10.2 Å². The molecule has 3 nitrogen and oxygen atoms in total. The largest absolute Gasteiger partial charge is 0.302 e. The highest BCUT2D eigenvalue weighted by atomic mass is 32.1. The minimum absolute atomic E-state index is 0.00943. The van der Waals surface area contributed by atoms with Crippen molar-refractivity contribution in [1.29, 1.82) is 0 Å². The van der Waals surface area contributed by atoms with E-state index in [4.69, 9.17) is 0 Å². The number of hydrogen-bond acceptors (Lipinski definition) is 3. The van der Waals surface area contributed by atoms with E-state index in [2.05, 4.69) is 57.1 Å². The summed E-state index contributed by atoms with van der Waals surface area (Å²) in [5.41, 5.74) is 2.28. The number of aromatic nitrogens is 1. The van der Waals surface area contributed by atoms with Gasteiger partial charge in [0.2, 0.25) is 5.91 Å². The first kappa shape index (κ1) is 16.0. The lowest BCUT2D eigenvalue weighted by Gasteiger charge is -2.16. The summed E-state index contributed by atoms with van der Waals surface area (Å²) in [4.78, 5) is 16.5. The van der Waals surface area contributed by atoms with E-state index in [0.29, 0.717) is 17.5 Å². The number of anilines is 1. The van der Waals surface area contributed by atoms with Crippen LogP contribution in [-0.4, -0.2) is 10.9 Å². The number of hydrogen-bond donors (Lipinski definition) is 1. The van der Waals surface area contributed by atoms with Crippen LogP contribution in [0, 0.1) is 5.41 Å². The fourth-order valence-corrected chi connectivity index (χ4v) is 3.11. The molecule has 114 valence electrons. The SMILES string of the molecule is CCC(C)c1ccc2nc(NC(=O)CC(C)(C)C)sc2c1. The molecular weight excluding hydrogens is 280 g/mol. The van der Waals surface area contributed by atoms with E-state index >= 15 is 0 Å². The topological polar surface area (TPSA) is 42.0 Å². The number of thiazole rings is 1. The number of rotatable bonds is 4. The first-order valence-electron chi connectivity index (χ1n) is 7.49. The van der Waals surface area contributed by atoms with Crippen LogP contribution in [0.2, 0.25) is 0 Å². The Bertz CT molecular complexity index is 640. The van der Waals surface area contributed by atoms with E-state index in [-0.39, 0.29) is 11.3 Å². The van der Waals surface area contributed by atoms with Crippen LogP contribution in [0.25, 0.3) is 10.2 Å².